The van der Waals surface area contributed by atoms with Gasteiger partial charge in [0.05, 0.1) is 11.7 Å². The van der Waals surface area contributed by atoms with E-state index in [1.54, 1.807) is 0 Å². The van der Waals surface area contributed by atoms with Crippen molar-refractivity contribution >= 4 is 23.1 Å². The molecule has 0 saturated heterocycles. The maximum Gasteiger partial charge on any atom is 0.0928 e. The first-order chi connectivity index (χ1) is 8.29. The van der Waals surface area contributed by atoms with Crippen LogP contribution in [0.1, 0.15) is 24.2 Å². The van der Waals surface area contributed by atoms with Gasteiger partial charge in [0.25, 0.3) is 0 Å². The number of nitrogens with one attached hydrogen (secondary N) is 1. The minimum Gasteiger partial charge on any atom is -0.309 e. The molecule has 1 aromatic carbocycles. The molecule has 0 bridgehead atoms. The zero-order chi connectivity index (χ0) is 12.1. The predicted octanol–water partition coefficient (Wildman–Crippen LogP) is 3.08. The average Bonchev–Trinajstić information content (AvgIpc) is 2.82. The Morgan fingerprint density at radius 3 is 3.00 bits per heavy atom. The van der Waals surface area contributed by atoms with E-state index < -0.39 is 0 Å². The zero-order valence-electron chi connectivity index (χ0n) is 9.56. The van der Waals surface area contributed by atoms with Gasteiger partial charge in [-0.15, -0.1) is 5.10 Å². The molecule has 0 saturated carbocycles. The lowest BCUT2D eigenvalue weighted by Gasteiger charge is -2.15. The number of hydrogen-bond acceptors (Lipinski definition) is 4. The van der Waals surface area contributed by atoms with Gasteiger partial charge in [-0.3, -0.25) is 0 Å². The van der Waals surface area contributed by atoms with Crippen molar-refractivity contribution in [1.29, 1.82) is 0 Å². The molecule has 0 amide bonds. The van der Waals surface area contributed by atoms with Crippen LogP contribution >= 0.6 is 23.1 Å². The summed E-state index contributed by atoms with van der Waals surface area (Å²) in [6.07, 6.45) is 0.875. The van der Waals surface area contributed by atoms with E-state index in [0.29, 0.717) is 0 Å². The largest absolute Gasteiger partial charge is 0.309 e. The van der Waals surface area contributed by atoms with Crippen molar-refractivity contribution in [2.45, 2.75) is 19.4 Å². The molecule has 5 heteroatoms. The molecule has 0 aliphatic carbocycles. The predicted molar refractivity (Wildman–Crippen MR) is 71.5 cm³/mol. The molecule has 1 unspecified atom stereocenters. The molecular formula is C12H14ClN3S. The second-order valence-electron chi connectivity index (χ2n) is 3.77. The Morgan fingerprint density at radius 2 is 2.35 bits per heavy atom. The molecule has 1 N–H and O–H groups in total. The van der Waals surface area contributed by atoms with Gasteiger partial charge in [0.15, 0.2) is 0 Å². The Morgan fingerprint density at radius 1 is 1.47 bits per heavy atom. The highest BCUT2D eigenvalue weighted by molar-refractivity contribution is 7.03. The minimum atomic E-state index is 0.206. The lowest BCUT2D eigenvalue weighted by Crippen LogP contribution is -2.23. The molecular weight excluding hydrogens is 254 g/mol. The molecule has 17 heavy (non-hydrogen) atoms. The molecule has 90 valence electrons. The van der Waals surface area contributed by atoms with Crippen molar-refractivity contribution in [1.82, 2.24) is 14.9 Å². The lowest BCUT2D eigenvalue weighted by atomic mass is 10.0. The topological polar surface area (TPSA) is 37.8 Å². The normalized spacial score (nSPS) is 12.6. The van der Waals surface area contributed by atoms with Crippen LogP contribution in [0.5, 0.6) is 0 Å². The Labute approximate surface area is 110 Å². The van der Waals surface area contributed by atoms with Gasteiger partial charge in [0, 0.05) is 10.4 Å². The van der Waals surface area contributed by atoms with Gasteiger partial charge >= 0.3 is 0 Å². The summed E-state index contributed by atoms with van der Waals surface area (Å²) in [4.78, 5) is 0. The summed E-state index contributed by atoms with van der Waals surface area (Å²) in [6, 6.07) is 8.14. The van der Waals surface area contributed by atoms with Crippen molar-refractivity contribution in [2.75, 3.05) is 6.54 Å². The summed E-state index contributed by atoms with van der Waals surface area (Å²) in [7, 11) is 0. The number of benzene rings is 1. The van der Waals surface area contributed by atoms with E-state index >= 15 is 0 Å². The van der Waals surface area contributed by atoms with Crippen LogP contribution in [0.4, 0.5) is 0 Å². The standard InChI is InChI=1S/C12H14ClN3S/c1-2-14-11(12-8-17-16-15-12)7-9-4-3-5-10(13)6-9/h3-6,8,11,14H,2,7H2,1H3. The first-order valence-corrected chi connectivity index (χ1v) is 6.76. The molecule has 1 aromatic heterocycles. The van der Waals surface area contributed by atoms with E-state index in [1.165, 1.54) is 17.1 Å². The molecule has 2 rings (SSSR count). The van der Waals surface area contributed by atoms with Crippen LogP contribution in [0.25, 0.3) is 0 Å². The van der Waals surface area contributed by atoms with Crippen molar-refractivity contribution in [2.24, 2.45) is 0 Å². The van der Waals surface area contributed by atoms with Gasteiger partial charge in [-0.2, -0.15) is 0 Å². The second kappa shape index (κ2) is 6.10. The second-order valence-corrected chi connectivity index (χ2v) is 4.82. The molecule has 0 aliphatic rings. The van der Waals surface area contributed by atoms with E-state index in [0.717, 1.165) is 23.7 Å². The number of halogens is 1. The van der Waals surface area contributed by atoms with Gasteiger partial charge in [0.1, 0.15) is 0 Å². The molecule has 2 aromatic rings. The fourth-order valence-corrected chi connectivity index (χ4v) is 2.47. The first kappa shape index (κ1) is 12.5. The van der Waals surface area contributed by atoms with E-state index in [2.05, 4.69) is 27.9 Å². The maximum atomic E-state index is 5.98. The van der Waals surface area contributed by atoms with Gasteiger partial charge in [0.2, 0.25) is 0 Å². The van der Waals surface area contributed by atoms with Crippen molar-refractivity contribution in [3.05, 3.63) is 45.9 Å². The van der Waals surface area contributed by atoms with E-state index in [9.17, 15) is 0 Å². The Hall–Kier alpha value is -0.970. The Kier molecular flexibility index (Phi) is 4.48. The van der Waals surface area contributed by atoms with Gasteiger partial charge in [-0.25, -0.2) is 0 Å². The SMILES string of the molecule is CCNC(Cc1cccc(Cl)c1)c1csnn1. The summed E-state index contributed by atoms with van der Waals surface area (Å²) >= 11 is 7.36. The van der Waals surface area contributed by atoms with E-state index in [4.69, 9.17) is 11.6 Å². The number of nitrogens with zero attached hydrogens (tertiary/aromatic N) is 2. The quantitative estimate of drug-likeness (QED) is 0.905. The molecule has 1 atom stereocenters. The highest BCUT2D eigenvalue weighted by atomic mass is 35.5. The van der Waals surface area contributed by atoms with Crippen LogP contribution in [0.3, 0.4) is 0 Å². The number of hydrogen-bond donors (Lipinski definition) is 1. The highest BCUT2D eigenvalue weighted by Crippen LogP contribution is 2.19. The Bertz CT molecular complexity index is 459. The molecule has 3 nitrogen and oxygen atoms in total. The van der Waals surface area contributed by atoms with E-state index in [-0.39, 0.29) is 6.04 Å². The third-order valence-corrected chi connectivity index (χ3v) is 3.27. The summed E-state index contributed by atoms with van der Waals surface area (Å²) in [5.74, 6) is 0. The van der Waals surface area contributed by atoms with Crippen molar-refractivity contribution in [3.63, 3.8) is 0 Å². The van der Waals surface area contributed by atoms with Crippen LogP contribution in [0, 0.1) is 0 Å². The maximum absolute atomic E-state index is 5.98. The lowest BCUT2D eigenvalue weighted by molar-refractivity contribution is 0.535. The Balaban J connectivity index is 2.13. The monoisotopic (exact) mass is 267 g/mol. The molecule has 0 aliphatic heterocycles. The van der Waals surface area contributed by atoms with Crippen molar-refractivity contribution in [3.8, 4) is 0 Å². The fourth-order valence-electron chi connectivity index (χ4n) is 1.75. The van der Waals surface area contributed by atoms with Gasteiger partial charge < -0.3 is 5.32 Å². The summed E-state index contributed by atoms with van der Waals surface area (Å²) in [6.45, 7) is 2.99. The minimum absolute atomic E-state index is 0.206. The van der Waals surface area contributed by atoms with Crippen LogP contribution in [0.15, 0.2) is 29.6 Å². The van der Waals surface area contributed by atoms with Gasteiger partial charge in [-0.1, -0.05) is 35.1 Å². The third-order valence-electron chi connectivity index (χ3n) is 2.51. The van der Waals surface area contributed by atoms with Crippen molar-refractivity contribution < 1.29 is 0 Å². The molecule has 0 radical (unpaired) electrons. The van der Waals surface area contributed by atoms with Crippen LogP contribution in [0.2, 0.25) is 5.02 Å². The number of rotatable bonds is 5. The first-order valence-electron chi connectivity index (χ1n) is 5.54. The van der Waals surface area contributed by atoms with E-state index in [1.807, 2.05) is 23.6 Å². The van der Waals surface area contributed by atoms with Gasteiger partial charge in [-0.05, 0) is 42.2 Å². The summed E-state index contributed by atoms with van der Waals surface area (Å²) < 4.78 is 3.91. The van der Waals surface area contributed by atoms with Crippen LogP contribution in [-0.4, -0.2) is 16.1 Å². The third kappa shape index (κ3) is 3.49. The average molecular weight is 268 g/mol. The summed E-state index contributed by atoms with van der Waals surface area (Å²) in [5, 5.41) is 10.3. The number of aromatic nitrogens is 2. The zero-order valence-corrected chi connectivity index (χ0v) is 11.1. The smallest absolute Gasteiger partial charge is 0.0928 e. The van der Waals surface area contributed by atoms with Crippen LogP contribution < -0.4 is 5.32 Å². The molecule has 1 heterocycles. The van der Waals surface area contributed by atoms with Crippen LogP contribution in [-0.2, 0) is 6.42 Å². The fraction of sp³-hybridized carbons (Fsp3) is 0.333. The molecule has 0 fully saturated rings. The summed E-state index contributed by atoms with van der Waals surface area (Å²) in [5.41, 5.74) is 2.20. The number of likely N-dealkylation sites (N-methyl/N-ethyl adjacent to an activating group) is 1. The highest BCUT2D eigenvalue weighted by Gasteiger charge is 2.13. The molecule has 0 spiro atoms.